The molecule has 1 atom stereocenters. The standard InChI is InChI=1S/C20H21N3O5/c1-3-27-15-8-9-17(28-12-18(22)24)16(10-15)20(2,19(25)26)23-14-6-4-13(11-21)5-7-14/h4-10,23H,3,12H2,1-2H3,(H2,22,24)(H,25,26). The molecule has 0 aliphatic heterocycles. The average molecular weight is 383 g/mol. The molecule has 0 radical (unpaired) electrons. The first-order chi connectivity index (χ1) is 13.3. The number of nitrogens with zero attached hydrogens (tertiary/aromatic N) is 1. The Bertz CT molecular complexity index is 905. The van der Waals surface area contributed by atoms with E-state index in [4.69, 9.17) is 20.5 Å². The predicted octanol–water partition coefficient (Wildman–Crippen LogP) is 2.23. The molecular weight excluding hydrogens is 362 g/mol. The number of carboxylic acid groups (broad SMARTS) is 1. The van der Waals surface area contributed by atoms with Crippen molar-refractivity contribution >= 4 is 17.6 Å². The van der Waals surface area contributed by atoms with Gasteiger partial charge < -0.3 is 25.6 Å². The molecule has 1 amide bonds. The molecule has 2 aromatic rings. The topological polar surface area (TPSA) is 135 Å². The van der Waals surface area contributed by atoms with Gasteiger partial charge >= 0.3 is 5.97 Å². The van der Waals surface area contributed by atoms with Gasteiger partial charge in [-0.3, -0.25) is 4.79 Å². The largest absolute Gasteiger partial charge is 0.494 e. The monoisotopic (exact) mass is 383 g/mol. The van der Waals surface area contributed by atoms with Crippen LogP contribution >= 0.6 is 0 Å². The van der Waals surface area contributed by atoms with Gasteiger partial charge in [0.15, 0.2) is 12.1 Å². The van der Waals surface area contributed by atoms with Gasteiger partial charge in [0, 0.05) is 11.3 Å². The van der Waals surface area contributed by atoms with E-state index >= 15 is 0 Å². The molecular formula is C20H21N3O5. The summed E-state index contributed by atoms with van der Waals surface area (Å²) in [6.07, 6.45) is 0. The summed E-state index contributed by atoms with van der Waals surface area (Å²) < 4.78 is 10.9. The van der Waals surface area contributed by atoms with Crippen molar-refractivity contribution in [1.29, 1.82) is 5.26 Å². The average Bonchev–Trinajstić information content (AvgIpc) is 2.67. The van der Waals surface area contributed by atoms with Crippen LogP contribution < -0.4 is 20.5 Å². The normalized spacial score (nSPS) is 12.3. The third-order valence-electron chi connectivity index (χ3n) is 4.01. The summed E-state index contributed by atoms with van der Waals surface area (Å²) >= 11 is 0. The summed E-state index contributed by atoms with van der Waals surface area (Å²) in [5, 5.41) is 21.8. The van der Waals surface area contributed by atoms with E-state index in [1.165, 1.54) is 13.0 Å². The molecule has 2 rings (SSSR count). The quantitative estimate of drug-likeness (QED) is 0.604. The number of ether oxygens (including phenoxy) is 2. The molecule has 8 nitrogen and oxygen atoms in total. The minimum Gasteiger partial charge on any atom is -0.494 e. The van der Waals surface area contributed by atoms with Crippen LogP contribution in [0.4, 0.5) is 5.69 Å². The molecule has 0 aliphatic carbocycles. The van der Waals surface area contributed by atoms with Crippen LogP contribution in [0.15, 0.2) is 42.5 Å². The molecule has 0 aliphatic rings. The molecule has 8 heteroatoms. The van der Waals surface area contributed by atoms with Crippen molar-refractivity contribution in [2.75, 3.05) is 18.5 Å². The zero-order valence-corrected chi connectivity index (χ0v) is 15.6. The van der Waals surface area contributed by atoms with Gasteiger partial charge in [0.1, 0.15) is 11.5 Å². The summed E-state index contributed by atoms with van der Waals surface area (Å²) in [5.41, 5.74) is 4.73. The van der Waals surface area contributed by atoms with Crippen molar-refractivity contribution in [2.24, 2.45) is 5.73 Å². The highest BCUT2D eigenvalue weighted by Crippen LogP contribution is 2.36. The predicted molar refractivity (Wildman–Crippen MR) is 102 cm³/mol. The maximum atomic E-state index is 12.2. The first kappa shape index (κ1) is 20.6. The molecule has 1 unspecified atom stereocenters. The fraction of sp³-hybridized carbons (Fsp3) is 0.250. The molecule has 0 heterocycles. The molecule has 146 valence electrons. The Balaban J connectivity index is 2.51. The Hall–Kier alpha value is -3.73. The third-order valence-corrected chi connectivity index (χ3v) is 4.01. The van der Waals surface area contributed by atoms with Gasteiger partial charge in [0.05, 0.1) is 18.2 Å². The lowest BCUT2D eigenvalue weighted by atomic mass is 9.90. The van der Waals surface area contributed by atoms with Crippen LogP contribution in [0.25, 0.3) is 0 Å². The number of carbonyl (C=O) groups excluding carboxylic acids is 1. The van der Waals surface area contributed by atoms with Gasteiger partial charge in [0.25, 0.3) is 5.91 Å². The number of primary amides is 1. The Morgan fingerprint density at radius 3 is 2.43 bits per heavy atom. The number of aliphatic carboxylic acids is 1. The molecule has 28 heavy (non-hydrogen) atoms. The van der Waals surface area contributed by atoms with Crippen molar-refractivity contribution in [3.05, 3.63) is 53.6 Å². The number of nitriles is 1. The second-order valence-electron chi connectivity index (χ2n) is 6.09. The SMILES string of the molecule is CCOc1ccc(OCC(N)=O)c(C(C)(Nc2ccc(C#N)cc2)C(=O)O)c1. The van der Waals surface area contributed by atoms with Crippen LogP contribution in [-0.2, 0) is 15.1 Å². The Labute approximate surface area is 162 Å². The van der Waals surface area contributed by atoms with Crippen LogP contribution in [0, 0.1) is 11.3 Å². The van der Waals surface area contributed by atoms with Gasteiger partial charge in [-0.05, 0) is 56.3 Å². The minimum absolute atomic E-state index is 0.188. The van der Waals surface area contributed by atoms with Gasteiger partial charge in [-0.25, -0.2) is 4.79 Å². The van der Waals surface area contributed by atoms with Crippen LogP contribution in [-0.4, -0.2) is 30.2 Å². The third kappa shape index (κ3) is 4.71. The molecule has 0 saturated carbocycles. The van der Waals surface area contributed by atoms with E-state index in [9.17, 15) is 14.7 Å². The molecule has 4 N–H and O–H groups in total. The highest BCUT2D eigenvalue weighted by Gasteiger charge is 2.38. The van der Waals surface area contributed by atoms with Crippen molar-refractivity contribution in [2.45, 2.75) is 19.4 Å². The molecule has 0 bridgehead atoms. The maximum Gasteiger partial charge on any atom is 0.333 e. The summed E-state index contributed by atoms with van der Waals surface area (Å²) in [6, 6.07) is 13.1. The molecule has 0 spiro atoms. The van der Waals surface area contributed by atoms with Crippen molar-refractivity contribution < 1.29 is 24.2 Å². The number of hydrogen-bond donors (Lipinski definition) is 3. The van der Waals surface area contributed by atoms with Crippen LogP contribution in [0.2, 0.25) is 0 Å². The van der Waals surface area contributed by atoms with Crippen LogP contribution in [0.5, 0.6) is 11.5 Å². The van der Waals surface area contributed by atoms with Crippen molar-refractivity contribution in [3.8, 4) is 17.6 Å². The van der Waals surface area contributed by atoms with E-state index in [0.29, 0.717) is 23.6 Å². The van der Waals surface area contributed by atoms with E-state index in [0.717, 1.165) is 0 Å². The van der Waals surface area contributed by atoms with Crippen LogP contribution in [0.1, 0.15) is 25.0 Å². The summed E-state index contributed by atoms with van der Waals surface area (Å²) in [6.45, 7) is 3.28. The Morgan fingerprint density at radius 2 is 1.89 bits per heavy atom. The molecule has 0 aromatic heterocycles. The highest BCUT2D eigenvalue weighted by atomic mass is 16.5. The van der Waals surface area contributed by atoms with Crippen molar-refractivity contribution in [1.82, 2.24) is 0 Å². The highest BCUT2D eigenvalue weighted by molar-refractivity contribution is 5.85. The summed E-state index contributed by atoms with van der Waals surface area (Å²) in [5.74, 6) is -1.21. The van der Waals surface area contributed by atoms with Gasteiger partial charge in [-0.1, -0.05) is 0 Å². The summed E-state index contributed by atoms with van der Waals surface area (Å²) in [7, 11) is 0. The van der Waals surface area contributed by atoms with E-state index in [-0.39, 0.29) is 11.3 Å². The number of benzene rings is 2. The number of hydrogen-bond acceptors (Lipinski definition) is 6. The Kier molecular flexibility index (Phi) is 6.45. The second-order valence-corrected chi connectivity index (χ2v) is 6.09. The fourth-order valence-corrected chi connectivity index (χ4v) is 2.58. The minimum atomic E-state index is -1.62. The number of rotatable bonds is 9. The van der Waals surface area contributed by atoms with E-state index in [2.05, 4.69) is 5.32 Å². The zero-order chi connectivity index (χ0) is 20.7. The van der Waals surface area contributed by atoms with E-state index < -0.39 is 24.0 Å². The van der Waals surface area contributed by atoms with Crippen LogP contribution in [0.3, 0.4) is 0 Å². The zero-order valence-electron chi connectivity index (χ0n) is 15.6. The number of carbonyl (C=O) groups is 2. The smallest absolute Gasteiger partial charge is 0.333 e. The first-order valence-electron chi connectivity index (χ1n) is 8.50. The van der Waals surface area contributed by atoms with E-state index in [1.54, 1.807) is 36.4 Å². The number of anilines is 1. The van der Waals surface area contributed by atoms with Crippen molar-refractivity contribution in [3.63, 3.8) is 0 Å². The maximum absolute atomic E-state index is 12.2. The molecule has 0 fully saturated rings. The molecule has 2 aromatic carbocycles. The number of carboxylic acids is 1. The van der Waals surface area contributed by atoms with Gasteiger partial charge in [-0.15, -0.1) is 0 Å². The van der Waals surface area contributed by atoms with Gasteiger partial charge in [-0.2, -0.15) is 5.26 Å². The fourth-order valence-electron chi connectivity index (χ4n) is 2.58. The second kappa shape index (κ2) is 8.77. The lowest BCUT2D eigenvalue weighted by molar-refractivity contribution is -0.142. The lowest BCUT2D eigenvalue weighted by Gasteiger charge is -2.30. The van der Waals surface area contributed by atoms with Gasteiger partial charge in [0.2, 0.25) is 0 Å². The van der Waals surface area contributed by atoms with E-state index in [1.807, 2.05) is 13.0 Å². The number of nitrogens with two attached hydrogens (primary N) is 1. The number of amides is 1. The lowest BCUT2D eigenvalue weighted by Crippen LogP contribution is -2.41. The first-order valence-corrected chi connectivity index (χ1v) is 8.50. The number of nitrogens with one attached hydrogen (secondary N) is 1. The Morgan fingerprint density at radius 1 is 1.21 bits per heavy atom. The molecule has 0 saturated heterocycles. The summed E-state index contributed by atoms with van der Waals surface area (Å²) in [4.78, 5) is 23.3.